The average molecular weight is 453 g/mol. The number of nitriles is 1. The van der Waals surface area contributed by atoms with Crippen LogP contribution in [-0.2, 0) is 11.3 Å². The summed E-state index contributed by atoms with van der Waals surface area (Å²) >= 11 is 9.68. The van der Waals surface area contributed by atoms with Crippen LogP contribution >= 0.6 is 27.5 Å². The van der Waals surface area contributed by atoms with Gasteiger partial charge in [0, 0.05) is 25.4 Å². The molecule has 1 atom stereocenters. The molecule has 0 amide bonds. The van der Waals surface area contributed by atoms with Crippen LogP contribution in [0.4, 0.5) is 5.82 Å². The first-order valence-corrected chi connectivity index (χ1v) is 9.94. The van der Waals surface area contributed by atoms with Crippen molar-refractivity contribution in [2.24, 2.45) is 5.92 Å². The van der Waals surface area contributed by atoms with E-state index in [1.165, 1.54) is 0 Å². The molecular formula is C20H23BrClN3O2. The highest BCUT2D eigenvalue weighted by Crippen LogP contribution is 2.27. The standard InChI is InChI=1S/C20H23BrClN3O2/c1-3-15(8-9-27-14-23)12-25(20-10-19(22)18(21)11-24-20)13-16-4-6-17(26-2)7-5-16/h4-7,10-11,15H,3,8-9,12-13H2,1-2H3. The van der Waals surface area contributed by atoms with Crippen LogP contribution in [0.1, 0.15) is 25.3 Å². The number of nitrogens with zero attached hydrogens (tertiary/aromatic N) is 3. The van der Waals surface area contributed by atoms with Gasteiger partial charge in [0.05, 0.1) is 16.6 Å². The molecule has 0 fully saturated rings. The average Bonchev–Trinajstić information content (AvgIpc) is 2.69. The van der Waals surface area contributed by atoms with Crippen molar-refractivity contribution in [1.82, 2.24) is 4.98 Å². The Morgan fingerprint density at radius 3 is 2.67 bits per heavy atom. The van der Waals surface area contributed by atoms with E-state index in [-0.39, 0.29) is 0 Å². The van der Waals surface area contributed by atoms with Gasteiger partial charge in [-0.15, -0.1) is 0 Å². The van der Waals surface area contributed by atoms with E-state index in [4.69, 9.17) is 26.3 Å². The Morgan fingerprint density at radius 2 is 2.07 bits per heavy atom. The fourth-order valence-corrected chi connectivity index (χ4v) is 3.14. The van der Waals surface area contributed by atoms with Gasteiger partial charge in [0.15, 0.2) is 0 Å². The van der Waals surface area contributed by atoms with Gasteiger partial charge in [0.1, 0.15) is 18.2 Å². The minimum atomic E-state index is 0.376. The van der Waals surface area contributed by atoms with Gasteiger partial charge in [-0.2, -0.15) is 5.26 Å². The lowest BCUT2D eigenvalue weighted by atomic mass is 10.0. The molecule has 0 aliphatic heterocycles. The summed E-state index contributed by atoms with van der Waals surface area (Å²) in [6.07, 6.45) is 5.25. The number of hydrogen-bond acceptors (Lipinski definition) is 5. The third kappa shape index (κ3) is 6.60. The van der Waals surface area contributed by atoms with Crippen LogP contribution in [0.3, 0.4) is 0 Å². The smallest absolute Gasteiger partial charge is 0.286 e. The molecule has 2 aromatic rings. The number of ether oxygens (including phenoxy) is 2. The minimum absolute atomic E-state index is 0.376. The zero-order valence-corrected chi connectivity index (χ0v) is 17.8. The summed E-state index contributed by atoms with van der Waals surface area (Å²) in [5.74, 6) is 2.02. The molecule has 0 aliphatic carbocycles. The highest BCUT2D eigenvalue weighted by Gasteiger charge is 2.16. The van der Waals surface area contributed by atoms with E-state index in [0.29, 0.717) is 24.1 Å². The largest absolute Gasteiger partial charge is 0.497 e. The molecule has 0 bridgehead atoms. The molecule has 0 saturated carbocycles. The molecule has 5 nitrogen and oxygen atoms in total. The lowest BCUT2D eigenvalue weighted by Crippen LogP contribution is -2.30. The molecule has 27 heavy (non-hydrogen) atoms. The summed E-state index contributed by atoms with van der Waals surface area (Å²) in [6.45, 7) is 4.07. The Kier molecular flexibility index (Phi) is 8.70. The van der Waals surface area contributed by atoms with Crippen molar-refractivity contribution in [2.75, 3.05) is 25.2 Å². The summed E-state index contributed by atoms with van der Waals surface area (Å²) < 4.78 is 10.9. The zero-order valence-electron chi connectivity index (χ0n) is 15.5. The molecule has 1 aromatic carbocycles. The maximum atomic E-state index is 8.58. The highest BCUT2D eigenvalue weighted by molar-refractivity contribution is 9.10. The van der Waals surface area contributed by atoms with Crippen molar-refractivity contribution < 1.29 is 9.47 Å². The molecule has 144 valence electrons. The maximum Gasteiger partial charge on any atom is 0.286 e. The first-order chi connectivity index (χ1) is 13.1. The van der Waals surface area contributed by atoms with Gasteiger partial charge in [-0.05, 0) is 46.0 Å². The van der Waals surface area contributed by atoms with Gasteiger partial charge in [-0.1, -0.05) is 37.1 Å². The van der Waals surface area contributed by atoms with Crippen LogP contribution < -0.4 is 9.64 Å². The van der Waals surface area contributed by atoms with Crippen molar-refractivity contribution in [3.05, 3.63) is 51.6 Å². The topological polar surface area (TPSA) is 58.4 Å². The molecule has 7 heteroatoms. The Balaban J connectivity index is 2.20. The fraction of sp³-hybridized carbons (Fsp3) is 0.400. The monoisotopic (exact) mass is 451 g/mol. The van der Waals surface area contributed by atoms with Crippen LogP contribution in [0, 0.1) is 17.4 Å². The summed E-state index contributed by atoms with van der Waals surface area (Å²) in [4.78, 5) is 6.75. The first-order valence-electron chi connectivity index (χ1n) is 8.77. The quantitative estimate of drug-likeness (QED) is 0.355. The van der Waals surface area contributed by atoms with Crippen LogP contribution in [0.2, 0.25) is 5.02 Å². The van der Waals surface area contributed by atoms with E-state index in [9.17, 15) is 0 Å². The van der Waals surface area contributed by atoms with Crippen LogP contribution in [0.5, 0.6) is 5.75 Å². The second kappa shape index (κ2) is 11.0. The third-order valence-electron chi connectivity index (χ3n) is 4.40. The van der Waals surface area contributed by atoms with Crippen molar-refractivity contribution in [3.63, 3.8) is 0 Å². The van der Waals surface area contributed by atoms with Crippen LogP contribution in [-0.4, -0.2) is 25.2 Å². The lowest BCUT2D eigenvalue weighted by Gasteiger charge is -2.28. The summed E-state index contributed by atoms with van der Waals surface area (Å²) in [7, 11) is 1.66. The Hall–Kier alpha value is -1.97. The van der Waals surface area contributed by atoms with E-state index in [1.54, 1.807) is 19.6 Å². The van der Waals surface area contributed by atoms with Gasteiger partial charge in [-0.3, -0.25) is 0 Å². The van der Waals surface area contributed by atoms with E-state index in [1.807, 2.05) is 30.3 Å². The van der Waals surface area contributed by atoms with E-state index >= 15 is 0 Å². The number of halogens is 2. The van der Waals surface area contributed by atoms with Gasteiger partial charge in [-0.25, -0.2) is 4.98 Å². The molecule has 1 unspecified atom stereocenters. The first kappa shape index (κ1) is 21.3. The van der Waals surface area contributed by atoms with Gasteiger partial charge >= 0.3 is 0 Å². The number of aromatic nitrogens is 1. The summed E-state index contributed by atoms with van der Waals surface area (Å²) in [5, 5.41) is 9.21. The van der Waals surface area contributed by atoms with Crippen molar-refractivity contribution in [3.8, 4) is 12.0 Å². The van der Waals surface area contributed by atoms with Crippen molar-refractivity contribution >= 4 is 33.3 Å². The number of anilines is 1. The molecule has 0 N–H and O–H groups in total. The van der Waals surface area contributed by atoms with Crippen molar-refractivity contribution in [2.45, 2.75) is 26.3 Å². The van der Waals surface area contributed by atoms with Crippen LogP contribution in [0.25, 0.3) is 0 Å². The SMILES string of the molecule is CCC(CCOC#N)CN(Cc1ccc(OC)cc1)c1cc(Cl)c(Br)cn1. The van der Waals surface area contributed by atoms with E-state index in [2.05, 4.69) is 32.7 Å². The minimum Gasteiger partial charge on any atom is -0.497 e. The molecule has 1 heterocycles. The number of benzene rings is 1. The molecule has 0 saturated heterocycles. The van der Waals surface area contributed by atoms with E-state index < -0.39 is 0 Å². The molecule has 0 aliphatic rings. The summed E-state index contributed by atoms with van der Waals surface area (Å²) in [6, 6.07) is 9.87. The predicted octanol–water partition coefficient (Wildman–Crippen LogP) is 5.43. The Morgan fingerprint density at radius 1 is 1.33 bits per heavy atom. The predicted molar refractivity (Wildman–Crippen MR) is 111 cm³/mol. The number of pyridine rings is 1. The molecule has 0 spiro atoms. The second-order valence-corrected chi connectivity index (χ2v) is 7.45. The second-order valence-electron chi connectivity index (χ2n) is 6.19. The highest BCUT2D eigenvalue weighted by atomic mass is 79.9. The zero-order chi connectivity index (χ0) is 19.6. The number of methoxy groups -OCH3 is 1. The molecular weight excluding hydrogens is 430 g/mol. The maximum absolute atomic E-state index is 8.58. The van der Waals surface area contributed by atoms with Crippen LogP contribution in [0.15, 0.2) is 41.0 Å². The molecule has 2 rings (SSSR count). The molecule has 0 radical (unpaired) electrons. The van der Waals surface area contributed by atoms with E-state index in [0.717, 1.165) is 41.0 Å². The Bertz CT molecular complexity index is 765. The van der Waals surface area contributed by atoms with Gasteiger partial charge < -0.3 is 14.4 Å². The number of hydrogen-bond donors (Lipinski definition) is 0. The fourth-order valence-electron chi connectivity index (χ4n) is 2.77. The molecule has 1 aromatic heterocycles. The normalized spacial score (nSPS) is 11.5. The Labute approximate surface area is 174 Å². The van der Waals surface area contributed by atoms with Gasteiger partial charge in [0.2, 0.25) is 0 Å². The van der Waals surface area contributed by atoms with Gasteiger partial charge in [0.25, 0.3) is 6.26 Å². The van der Waals surface area contributed by atoms with Crippen molar-refractivity contribution in [1.29, 1.82) is 5.26 Å². The number of rotatable bonds is 10. The lowest BCUT2D eigenvalue weighted by molar-refractivity contribution is 0.237. The third-order valence-corrected chi connectivity index (χ3v) is 5.57. The summed E-state index contributed by atoms with van der Waals surface area (Å²) in [5.41, 5.74) is 1.15.